The summed E-state index contributed by atoms with van der Waals surface area (Å²) in [6.45, 7) is 0. The molecule has 1 spiro atoms. The van der Waals surface area contributed by atoms with Gasteiger partial charge in [0.15, 0.2) is 0 Å². The minimum absolute atomic E-state index is 0.744. The molecule has 0 aromatic heterocycles. The number of carbonyl (C=O) groups is 1. The molecule has 2 heteroatoms. The average molecular weight is 156 g/mol. The molecule has 1 atom stereocenters. The normalized spacial score (nSPS) is 33.4. The topological polar surface area (TPSA) is 17.1 Å². The summed E-state index contributed by atoms with van der Waals surface area (Å²) in [5.41, 5.74) is 0.744. The number of aldehydes is 1. The Morgan fingerprint density at radius 1 is 1.60 bits per heavy atom. The largest absolute Gasteiger partial charge is 0.303 e. The van der Waals surface area contributed by atoms with Crippen molar-refractivity contribution >= 4 is 18.0 Å². The molecule has 1 aliphatic heterocycles. The van der Waals surface area contributed by atoms with E-state index in [2.05, 4.69) is 11.8 Å². The Morgan fingerprint density at radius 2 is 2.40 bits per heavy atom. The molecule has 0 amide bonds. The lowest BCUT2D eigenvalue weighted by molar-refractivity contribution is -0.108. The van der Waals surface area contributed by atoms with Crippen LogP contribution in [-0.2, 0) is 4.79 Å². The Hall–Kier alpha value is 0.0200. The molecular weight excluding hydrogens is 144 g/mol. The first-order chi connectivity index (χ1) is 4.87. The molecule has 0 aromatic rings. The van der Waals surface area contributed by atoms with Gasteiger partial charge in [0, 0.05) is 17.9 Å². The van der Waals surface area contributed by atoms with Gasteiger partial charge in [-0.3, -0.25) is 0 Å². The lowest BCUT2D eigenvalue weighted by Crippen LogP contribution is -2.21. The van der Waals surface area contributed by atoms with Crippen molar-refractivity contribution in [3.05, 3.63) is 0 Å². The maximum atomic E-state index is 10.0. The van der Waals surface area contributed by atoms with Gasteiger partial charge >= 0.3 is 0 Å². The van der Waals surface area contributed by atoms with Crippen molar-refractivity contribution < 1.29 is 4.79 Å². The van der Waals surface area contributed by atoms with Crippen LogP contribution in [0.3, 0.4) is 0 Å². The van der Waals surface area contributed by atoms with Gasteiger partial charge in [-0.15, -0.1) is 0 Å². The van der Waals surface area contributed by atoms with Crippen molar-refractivity contribution in [2.45, 2.75) is 19.3 Å². The van der Waals surface area contributed by atoms with E-state index in [1.165, 1.54) is 17.9 Å². The smallest absolute Gasteiger partial charge is 0.120 e. The summed E-state index contributed by atoms with van der Waals surface area (Å²) in [5.74, 6) is 3.66. The molecule has 0 aromatic carbocycles. The van der Waals surface area contributed by atoms with Gasteiger partial charge in [0.1, 0.15) is 6.29 Å². The van der Waals surface area contributed by atoms with E-state index < -0.39 is 0 Å². The van der Waals surface area contributed by atoms with E-state index in [9.17, 15) is 4.79 Å². The maximum Gasteiger partial charge on any atom is 0.120 e. The van der Waals surface area contributed by atoms with Gasteiger partial charge in [-0.05, 0) is 24.2 Å². The summed E-state index contributed by atoms with van der Waals surface area (Å²) in [5, 5.41) is 0. The van der Waals surface area contributed by atoms with Gasteiger partial charge in [0.05, 0.1) is 0 Å². The molecular formula is C8H12OS. The highest BCUT2D eigenvalue weighted by Crippen LogP contribution is 2.63. The van der Waals surface area contributed by atoms with Crippen LogP contribution in [0.25, 0.3) is 0 Å². The molecule has 0 bridgehead atoms. The molecule has 56 valence electrons. The monoisotopic (exact) mass is 156 g/mol. The van der Waals surface area contributed by atoms with Crippen molar-refractivity contribution in [3.8, 4) is 0 Å². The first-order valence-corrected chi connectivity index (χ1v) is 5.04. The van der Waals surface area contributed by atoms with E-state index in [0.29, 0.717) is 0 Å². The van der Waals surface area contributed by atoms with Crippen LogP contribution in [0.5, 0.6) is 0 Å². The van der Waals surface area contributed by atoms with Crippen molar-refractivity contribution in [1.82, 2.24) is 0 Å². The van der Waals surface area contributed by atoms with E-state index in [-0.39, 0.29) is 0 Å². The first kappa shape index (κ1) is 6.71. The Kier molecular flexibility index (Phi) is 1.52. The van der Waals surface area contributed by atoms with Gasteiger partial charge in [-0.25, -0.2) is 0 Å². The van der Waals surface area contributed by atoms with Crippen LogP contribution in [0, 0.1) is 11.3 Å². The Morgan fingerprint density at radius 3 is 2.80 bits per heavy atom. The highest BCUT2D eigenvalue weighted by Gasteiger charge is 2.57. The Bertz CT molecular complexity index is 151. The summed E-state index contributed by atoms with van der Waals surface area (Å²) in [7, 11) is 0. The van der Waals surface area contributed by atoms with Gasteiger partial charge in [-0.2, -0.15) is 11.8 Å². The third-order valence-electron chi connectivity index (χ3n) is 2.77. The summed E-state index contributed by atoms with van der Waals surface area (Å²) < 4.78 is 0. The molecule has 0 radical (unpaired) electrons. The zero-order chi connectivity index (χ0) is 7.03. The Labute approximate surface area is 65.6 Å². The molecule has 1 nitrogen and oxygen atoms in total. The van der Waals surface area contributed by atoms with E-state index in [4.69, 9.17) is 0 Å². The van der Waals surface area contributed by atoms with E-state index in [1.807, 2.05) is 0 Å². The van der Waals surface area contributed by atoms with Crippen LogP contribution in [-0.4, -0.2) is 17.8 Å². The van der Waals surface area contributed by atoms with E-state index >= 15 is 0 Å². The second-order valence-electron chi connectivity index (χ2n) is 3.50. The van der Waals surface area contributed by atoms with Crippen LogP contribution in [0.15, 0.2) is 0 Å². The van der Waals surface area contributed by atoms with Crippen LogP contribution >= 0.6 is 11.8 Å². The number of carbonyl (C=O) groups excluding carboxylic acids is 1. The fraction of sp³-hybridized carbons (Fsp3) is 0.875. The molecule has 2 rings (SSSR count). The molecule has 2 fully saturated rings. The summed E-state index contributed by atoms with van der Waals surface area (Å²) in [4.78, 5) is 10.0. The molecule has 1 aliphatic carbocycles. The first-order valence-electron chi connectivity index (χ1n) is 3.89. The maximum absolute atomic E-state index is 10.0. The number of thioether (sulfide) groups is 1. The summed E-state index contributed by atoms with van der Waals surface area (Å²) in [6, 6.07) is 0. The number of hydrogen-bond donors (Lipinski definition) is 0. The van der Waals surface area contributed by atoms with Gasteiger partial charge in [0.25, 0.3) is 0 Å². The SMILES string of the molecule is O=CCCC1CC12CSC2. The second kappa shape index (κ2) is 2.26. The lowest BCUT2D eigenvalue weighted by atomic mass is 10.1. The standard InChI is InChI=1S/C8H12OS/c9-3-1-2-7-4-8(7)5-10-6-8/h3,7H,1-2,4-6H2. The summed E-state index contributed by atoms with van der Waals surface area (Å²) >= 11 is 2.06. The van der Waals surface area contributed by atoms with Crippen molar-refractivity contribution in [1.29, 1.82) is 0 Å². The summed E-state index contributed by atoms with van der Waals surface area (Å²) in [6.07, 6.45) is 4.41. The molecule has 0 N–H and O–H groups in total. The van der Waals surface area contributed by atoms with Gasteiger partial charge in [0.2, 0.25) is 0 Å². The van der Waals surface area contributed by atoms with E-state index in [1.54, 1.807) is 0 Å². The van der Waals surface area contributed by atoms with Crippen LogP contribution in [0.4, 0.5) is 0 Å². The molecule has 2 aliphatic rings. The van der Waals surface area contributed by atoms with E-state index in [0.717, 1.165) is 30.5 Å². The minimum Gasteiger partial charge on any atom is -0.303 e. The van der Waals surface area contributed by atoms with Crippen molar-refractivity contribution in [2.75, 3.05) is 11.5 Å². The highest BCUT2D eigenvalue weighted by atomic mass is 32.2. The molecule has 10 heavy (non-hydrogen) atoms. The van der Waals surface area contributed by atoms with Crippen LogP contribution in [0.2, 0.25) is 0 Å². The fourth-order valence-electron chi connectivity index (χ4n) is 1.83. The number of hydrogen-bond acceptors (Lipinski definition) is 2. The van der Waals surface area contributed by atoms with Crippen molar-refractivity contribution in [3.63, 3.8) is 0 Å². The van der Waals surface area contributed by atoms with Crippen LogP contribution < -0.4 is 0 Å². The highest BCUT2D eigenvalue weighted by molar-refractivity contribution is 8.00. The third-order valence-corrected chi connectivity index (χ3v) is 4.33. The minimum atomic E-state index is 0.744. The van der Waals surface area contributed by atoms with Gasteiger partial charge in [-0.1, -0.05) is 0 Å². The predicted molar refractivity (Wildman–Crippen MR) is 43.2 cm³/mol. The molecule has 1 unspecified atom stereocenters. The number of rotatable bonds is 3. The zero-order valence-electron chi connectivity index (χ0n) is 6.01. The Balaban J connectivity index is 1.73. The molecule has 1 saturated carbocycles. The second-order valence-corrected chi connectivity index (χ2v) is 4.49. The van der Waals surface area contributed by atoms with Crippen LogP contribution in [0.1, 0.15) is 19.3 Å². The molecule has 1 heterocycles. The van der Waals surface area contributed by atoms with Crippen molar-refractivity contribution in [2.24, 2.45) is 11.3 Å². The lowest BCUT2D eigenvalue weighted by Gasteiger charge is -2.25. The quantitative estimate of drug-likeness (QED) is 0.579. The van der Waals surface area contributed by atoms with Gasteiger partial charge < -0.3 is 4.79 Å². The predicted octanol–water partition coefficient (Wildman–Crippen LogP) is 1.72. The molecule has 1 saturated heterocycles. The zero-order valence-corrected chi connectivity index (χ0v) is 6.82. The third kappa shape index (κ3) is 0.895. The average Bonchev–Trinajstić information content (AvgIpc) is 2.56. The fourth-order valence-corrected chi connectivity index (χ4v) is 3.26.